The van der Waals surface area contributed by atoms with Gasteiger partial charge in [0.2, 0.25) is 5.91 Å². The first kappa shape index (κ1) is 23.5. The van der Waals surface area contributed by atoms with E-state index in [0.717, 1.165) is 45.4 Å². The van der Waals surface area contributed by atoms with Crippen molar-refractivity contribution < 1.29 is 14.3 Å². The first-order valence-electron chi connectivity index (χ1n) is 12.3. The quantitative estimate of drug-likeness (QED) is 0.615. The van der Waals surface area contributed by atoms with Gasteiger partial charge in [0, 0.05) is 32.7 Å². The summed E-state index contributed by atoms with van der Waals surface area (Å²) in [6, 6.07) is 19.2. The summed E-state index contributed by atoms with van der Waals surface area (Å²) in [7, 11) is 0. The Morgan fingerprint density at radius 2 is 1.82 bits per heavy atom. The molecular formula is C28H36N2O3. The number of hydrogen-bond donors (Lipinski definition) is 0. The zero-order valence-electron chi connectivity index (χ0n) is 19.9. The number of carbonyl (C=O) groups is 2. The van der Waals surface area contributed by atoms with Crippen molar-refractivity contribution in [2.75, 3.05) is 32.8 Å². The SMILES string of the molecule is CCOC(=O)C1CCCN(C(=O)C2CC(c3cccc(C)c3)CN(Cc3ccccc3)C2)C1. The van der Waals surface area contributed by atoms with Crippen molar-refractivity contribution in [2.45, 2.75) is 45.6 Å². The summed E-state index contributed by atoms with van der Waals surface area (Å²) >= 11 is 0. The second-order valence-corrected chi connectivity index (χ2v) is 9.60. The summed E-state index contributed by atoms with van der Waals surface area (Å²) in [6.07, 6.45) is 2.52. The molecule has 1 amide bonds. The number of nitrogens with zero attached hydrogens (tertiary/aromatic N) is 2. The Balaban J connectivity index is 1.51. The summed E-state index contributed by atoms with van der Waals surface area (Å²) < 4.78 is 5.24. The Kier molecular flexibility index (Phi) is 7.81. The van der Waals surface area contributed by atoms with E-state index < -0.39 is 0 Å². The van der Waals surface area contributed by atoms with Crippen molar-refractivity contribution in [1.29, 1.82) is 0 Å². The average molecular weight is 449 g/mol. The van der Waals surface area contributed by atoms with E-state index >= 15 is 0 Å². The van der Waals surface area contributed by atoms with Crippen LogP contribution in [0.5, 0.6) is 0 Å². The molecule has 2 aromatic rings. The van der Waals surface area contributed by atoms with Crippen LogP contribution >= 0.6 is 0 Å². The van der Waals surface area contributed by atoms with Crippen molar-refractivity contribution in [3.63, 3.8) is 0 Å². The maximum absolute atomic E-state index is 13.7. The maximum Gasteiger partial charge on any atom is 0.310 e. The first-order chi connectivity index (χ1) is 16.0. The monoisotopic (exact) mass is 448 g/mol. The summed E-state index contributed by atoms with van der Waals surface area (Å²) in [5.41, 5.74) is 3.84. The molecule has 2 aliphatic heterocycles. The van der Waals surface area contributed by atoms with Crippen molar-refractivity contribution in [3.8, 4) is 0 Å². The van der Waals surface area contributed by atoms with Crippen LogP contribution in [0.1, 0.15) is 48.8 Å². The predicted molar refractivity (Wildman–Crippen MR) is 130 cm³/mol. The van der Waals surface area contributed by atoms with E-state index in [4.69, 9.17) is 4.74 Å². The fourth-order valence-electron chi connectivity index (χ4n) is 5.39. The Morgan fingerprint density at radius 3 is 2.58 bits per heavy atom. The lowest BCUT2D eigenvalue weighted by Crippen LogP contribution is -2.50. The van der Waals surface area contributed by atoms with Crippen LogP contribution in [0.4, 0.5) is 0 Å². The number of esters is 1. The summed E-state index contributed by atoms with van der Waals surface area (Å²) in [5.74, 6) is 0.0940. The number of likely N-dealkylation sites (tertiary alicyclic amines) is 2. The van der Waals surface area contributed by atoms with Crippen LogP contribution in [0.15, 0.2) is 54.6 Å². The highest BCUT2D eigenvalue weighted by atomic mass is 16.5. The molecule has 2 aromatic carbocycles. The lowest BCUT2D eigenvalue weighted by atomic mass is 9.82. The molecule has 4 rings (SSSR count). The third kappa shape index (κ3) is 6.02. The highest BCUT2D eigenvalue weighted by Crippen LogP contribution is 2.33. The van der Waals surface area contributed by atoms with E-state index in [9.17, 15) is 9.59 Å². The molecule has 0 spiro atoms. The largest absolute Gasteiger partial charge is 0.466 e. The van der Waals surface area contributed by atoms with Crippen LogP contribution in [0.3, 0.4) is 0 Å². The van der Waals surface area contributed by atoms with Crippen molar-refractivity contribution in [1.82, 2.24) is 9.80 Å². The number of ether oxygens (including phenoxy) is 1. The van der Waals surface area contributed by atoms with Gasteiger partial charge >= 0.3 is 5.97 Å². The maximum atomic E-state index is 13.7. The molecule has 0 saturated carbocycles. The van der Waals surface area contributed by atoms with Crippen LogP contribution in [0.25, 0.3) is 0 Å². The van der Waals surface area contributed by atoms with Gasteiger partial charge in [0.15, 0.2) is 0 Å². The number of rotatable bonds is 6. The minimum Gasteiger partial charge on any atom is -0.466 e. The van der Waals surface area contributed by atoms with Crippen LogP contribution in [0, 0.1) is 18.8 Å². The van der Waals surface area contributed by atoms with Crippen LogP contribution in [-0.2, 0) is 20.9 Å². The smallest absolute Gasteiger partial charge is 0.310 e. The molecule has 2 fully saturated rings. The standard InChI is InChI=1S/C28H36N2O3/c1-3-33-28(32)24-13-8-14-30(20-24)27(31)26-16-25(23-12-7-9-21(2)15-23)18-29(19-26)17-22-10-5-4-6-11-22/h4-7,9-12,15,24-26H,3,8,13-14,16-20H2,1-2H3. The van der Waals surface area contributed by atoms with Crippen LogP contribution < -0.4 is 0 Å². The minimum absolute atomic E-state index is 0.0612. The van der Waals surface area contributed by atoms with E-state index in [0.29, 0.717) is 19.1 Å². The first-order valence-corrected chi connectivity index (χ1v) is 12.3. The Labute approximate surface area is 197 Å². The number of carbonyl (C=O) groups excluding carboxylic acids is 2. The van der Waals surface area contributed by atoms with Gasteiger partial charge in [-0.3, -0.25) is 14.5 Å². The van der Waals surface area contributed by atoms with Crippen molar-refractivity contribution in [2.24, 2.45) is 11.8 Å². The van der Waals surface area contributed by atoms with Gasteiger partial charge in [0.05, 0.1) is 18.4 Å². The number of amides is 1. The molecule has 0 aliphatic carbocycles. The third-order valence-corrected chi connectivity index (χ3v) is 6.99. The molecule has 5 nitrogen and oxygen atoms in total. The molecule has 176 valence electrons. The Bertz CT molecular complexity index is 945. The molecule has 2 saturated heterocycles. The second-order valence-electron chi connectivity index (χ2n) is 9.60. The Morgan fingerprint density at radius 1 is 1.00 bits per heavy atom. The molecule has 33 heavy (non-hydrogen) atoms. The zero-order valence-corrected chi connectivity index (χ0v) is 19.9. The van der Waals surface area contributed by atoms with Crippen molar-refractivity contribution in [3.05, 3.63) is 71.3 Å². The summed E-state index contributed by atoms with van der Waals surface area (Å²) in [5, 5.41) is 0. The predicted octanol–water partition coefficient (Wildman–Crippen LogP) is 4.40. The van der Waals surface area contributed by atoms with Gasteiger partial charge < -0.3 is 9.64 Å². The molecule has 2 heterocycles. The van der Waals surface area contributed by atoms with Gasteiger partial charge in [0.1, 0.15) is 0 Å². The van der Waals surface area contributed by atoms with Gasteiger partial charge in [-0.15, -0.1) is 0 Å². The van der Waals surface area contributed by atoms with Crippen molar-refractivity contribution >= 4 is 11.9 Å². The average Bonchev–Trinajstić information content (AvgIpc) is 2.84. The lowest BCUT2D eigenvalue weighted by molar-refractivity contribution is -0.152. The molecule has 0 radical (unpaired) electrons. The van der Waals surface area contributed by atoms with Crippen LogP contribution in [-0.4, -0.2) is 54.5 Å². The van der Waals surface area contributed by atoms with E-state index in [1.165, 1.54) is 16.7 Å². The number of aryl methyl sites for hydroxylation is 1. The van der Waals surface area contributed by atoms with E-state index in [1.807, 2.05) is 17.9 Å². The highest BCUT2D eigenvalue weighted by molar-refractivity contribution is 5.81. The number of hydrogen-bond acceptors (Lipinski definition) is 4. The van der Waals surface area contributed by atoms with Crippen LogP contribution in [0.2, 0.25) is 0 Å². The van der Waals surface area contributed by atoms with E-state index in [2.05, 4.69) is 60.4 Å². The van der Waals surface area contributed by atoms with Gasteiger partial charge in [0.25, 0.3) is 0 Å². The second kappa shape index (κ2) is 11.0. The van der Waals surface area contributed by atoms with E-state index in [-0.39, 0.29) is 23.7 Å². The minimum atomic E-state index is -0.195. The van der Waals surface area contributed by atoms with Gasteiger partial charge in [-0.1, -0.05) is 60.2 Å². The zero-order chi connectivity index (χ0) is 23.2. The number of benzene rings is 2. The Hall–Kier alpha value is -2.66. The molecule has 0 N–H and O–H groups in total. The van der Waals surface area contributed by atoms with Gasteiger partial charge in [-0.25, -0.2) is 0 Å². The molecular weight excluding hydrogens is 412 g/mol. The van der Waals surface area contributed by atoms with E-state index in [1.54, 1.807) is 0 Å². The highest BCUT2D eigenvalue weighted by Gasteiger charge is 2.37. The number of piperidine rings is 2. The lowest BCUT2D eigenvalue weighted by Gasteiger charge is -2.41. The third-order valence-electron chi connectivity index (χ3n) is 6.99. The molecule has 2 aliphatic rings. The molecule has 5 heteroatoms. The fourth-order valence-corrected chi connectivity index (χ4v) is 5.39. The van der Waals surface area contributed by atoms with Gasteiger partial charge in [-0.2, -0.15) is 0 Å². The fraction of sp³-hybridized carbons (Fsp3) is 0.500. The summed E-state index contributed by atoms with van der Waals surface area (Å²) in [6.45, 7) is 8.13. The molecule has 3 unspecified atom stereocenters. The molecule has 0 bridgehead atoms. The normalized spacial score (nSPS) is 23.8. The summed E-state index contributed by atoms with van der Waals surface area (Å²) in [4.78, 5) is 30.3. The topological polar surface area (TPSA) is 49.9 Å². The van der Waals surface area contributed by atoms with Gasteiger partial charge in [-0.05, 0) is 50.2 Å². The molecule has 3 atom stereocenters. The molecule has 0 aromatic heterocycles.